The number of rotatable bonds is 7. The maximum Gasteiger partial charge on any atom is 0.251 e. The van der Waals surface area contributed by atoms with E-state index in [2.05, 4.69) is 30.4 Å². The van der Waals surface area contributed by atoms with Gasteiger partial charge < -0.3 is 10.1 Å². The zero-order valence-corrected chi connectivity index (χ0v) is 14.1. The van der Waals surface area contributed by atoms with Crippen molar-refractivity contribution in [3.63, 3.8) is 0 Å². The first-order chi connectivity index (χ1) is 11.1. The van der Waals surface area contributed by atoms with E-state index in [1.54, 1.807) is 17.8 Å². The fraction of sp³-hybridized carbons (Fsp3) is 0.278. The van der Waals surface area contributed by atoms with Crippen LogP contribution in [0.2, 0.25) is 0 Å². The third kappa shape index (κ3) is 5.28. The van der Waals surface area contributed by atoms with Crippen molar-refractivity contribution in [2.45, 2.75) is 12.7 Å². The number of carbonyl (C=O) groups is 1. The number of aryl methyl sites for hydroxylation is 1. The lowest BCUT2D eigenvalue weighted by atomic mass is 10.2. The maximum absolute atomic E-state index is 13.6. The van der Waals surface area contributed by atoms with E-state index in [0.717, 1.165) is 11.5 Å². The molecule has 5 heteroatoms. The molecule has 1 N–H and O–H groups in total. The molecule has 0 radical (unpaired) electrons. The van der Waals surface area contributed by atoms with E-state index >= 15 is 0 Å². The van der Waals surface area contributed by atoms with Crippen molar-refractivity contribution < 1.29 is 13.9 Å². The number of ether oxygens (including phenoxy) is 1. The molecule has 122 valence electrons. The normalized spacial score (nSPS) is 10.4. The third-order valence-electron chi connectivity index (χ3n) is 3.30. The molecule has 0 aliphatic heterocycles. The molecule has 0 unspecified atom stereocenters. The minimum absolute atomic E-state index is 0.135. The third-order valence-corrected chi connectivity index (χ3v) is 4.33. The van der Waals surface area contributed by atoms with Gasteiger partial charge in [-0.25, -0.2) is 4.39 Å². The highest BCUT2D eigenvalue weighted by Gasteiger charge is 2.09. The Morgan fingerprint density at radius 3 is 2.78 bits per heavy atom. The van der Waals surface area contributed by atoms with Gasteiger partial charge in [0.05, 0.1) is 7.11 Å². The summed E-state index contributed by atoms with van der Waals surface area (Å²) in [5.74, 6) is 1.04. The van der Waals surface area contributed by atoms with Crippen molar-refractivity contribution in [2.24, 2.45) is 0 Å². The van der Waals surface area contributed by atoms with Crippen LogP contribution in [0, 0.1) is 12.7 Å². The molecule has 0 spiro atoms. The van der Waals surface area contributed by atoms with Crippen LogP contribution in [-0.2, 0) is 5.75 Å². The Labute approximate surface area is 140 Å². The summed E-state index contributed by atoms with van der Waals surface area (Å²) in [5.41, 5.74) is 2.82. The summed E-state index contributed by atoms with van der Waals surface area (Å²) in [7, 11) is 1.39. The number of hydrogen-bond donors (Lipinski definition) is 1. The van der Waals surface area contributed by atoms with E-state index < -0.39 is 5.82 Å². The summed E-state index contributed by atoms with van der Waals surface area (Å²) in [6, 6.07) is 12.6. The lowest BCUT2D eigenvalue weighted by Crippen LogP contribution is -2.25. The van der Waals surface area contributed by atoms with E-state index in [4.69, 9.17) is 4.74 Å². The summed E-state index contributed by atoms with van der Waals surface area (Å²) in [6.45, 7) is 2.62. The summed E-state index contributed by atoms with van der Waals surface area (Å²) in [4.78, 5) is 11.9. The molecule has 23 heavy (non-hydrogen) atoms. The zero-order valence-electron chi connectivity index (χ0n) is 13.3. The van der Waals surface area contributed by atoms with E-state index in [-0.39, 0.29) is 11.7 Å². The summed E-state index contributed by atoms with van der Waals surface area (Å²) < 4.78 is 18.4. The minimum Gasteiger partial charge on any atom is -0.494 e. The van der Waals surface area contributed by atoms with Crippen molar-refractivity contribution in [3.8, 4) is 5.75 Å². The van der Waals surface area contributed by atoms with Crippen molar-refractivity contribution >= 4 is 17.7 Å². The number of nitrogens with one attached hydrogen (secondary N) is 1. The first kappa shape index (κ1) is 17.3. The molecule has 0 saturated heterocycles. The minimum atomic E-state index is -0.533. The number of benzene rings is 2. The van der Waals surface area contributed by atoms with Gasteiger partial charge >= 0.3 is 0 Å². The standard InChI is InChI=1S/C18H20FNO2S/c1-13-4-3-5-14(10-13)12-23-9-8-20-18(21)15-6-7-17(22-2)16(19)11-15/h3-7,10-11H,8-9,12H2,1-2H3,(H,20,21). The molecule has 0 atom stereocenters. The Kier molecular flexibility index (Phi) is 6.47. The molecule has 0 aliphatic carbocycles. The summed E-state index contributed by atoms with van der Waals surface area (Å²) in [6.07, 6.45) is 0. The molecular formula is C18H20FNO2S. The Hall–Kier alpha value is -2.01. The molecular weight excluding hydrogens is 313 g/mol. The van der Waals surface area contributed by atoms with E-state index in [1.807, 2.05) is 6.07 Å². The molecule has 3 nitrogen and oxygen atoms in total. The predicted octanol–water partition coefficient (Wildman–Crippen LogP) is 3.81. The smallest absolute Gasteiger partial charge is 0.251 e. The number of hydrogen-bond acceptors (Lipinski definition) is 3. The second-order valence-corrected chi connectivity index (χ2v) is 6.25. The molecule has 0 aliphatic rings. The van der Waals surface area contributed by atoms with Crippen LogP contribution < -0.4 is 10.1 Å². The first-order valence-corrected chi connectivity index (χ1v) is 8.50. The van der Waals surface area contributed by atoms with Gasteiger partial charge in [-0.1, -0.05) is 29.8 Å². The Balaban J connectivity index is 1.73. The average molecular weight is 333 g/mol. The first-order valence-electron chi connectivity index (χ1n) is 7.35. The van der Waals surface area contributed by atoms with Crippen molar-refractivity contribution in [1.29, 1.82) is 0 Å². The molecule has 1 amide bonds. The van der Waals surface area contributed by atoms with Crippen molar-refractivity contribution in [3.05, 3.63) is 65.0 Å². The van der Waals surface area contributed by atoms with Crippen LogP contribution in [0.15, 0.2) is 42.5 Å². The van der Waals surface area contributed by atoms with Crippen molar-refractivity contribution in [1.82, 2.24) is 5.32 Å². The lowest BCUT2D eigenvalue weighted by Gasteiger charge is -2.07. The topological polar surface area (TPSA) is 38.3 Å². The van der Waals surface area contributed by atoms with Crippen LogP contribution in [0.4, 0.5) is 4.39 Å². The molecule has 2 aromatic carbocycles. The number of halogens is 1. The maximum atomic E-state index is 13.6. The Morgan fingerprint density at radius 1 is 1.26 bits per heavy atom. The highest BCUT2D eigenvalue weighted by atomic mass is 32.2. The number of methoxy groups -OCH3 is 1. The highest BCUT2D eigenvalue weighted by Crippen LogP contribution is 2.17. The van der Waals surface area contributed by atoms with Crippen LogP contribution in [0.5, 0.6) is 5.75 Å². The number of carbonyl (C=O) groups excluding carboxylic acids is 1. The largest absolute Gasteiger partial charge is 0.494 e. The van der Waals surface area contributed by atoms with Gasteiger partial charge in [0, 0.05) is 23.6 Å². The predicted molar refractivity (Wildman–Crippen MR) is 92.6 cm³/mol. The Morgan fingerprint density at radius 2 is 2.09 bits per heavy atom. The van der Waals surface area contributed by atoms with E-state index in [1.165, 1.54) is 30.4 Å². The van der Waals surface area contributed by atoms with Crippen molar-refractivity contribution in [2.75, 3.05) is 19.4 Å². The van der Waals surface area contributed by atoms with Gasteiger partial charge in [0.25, 0.3) is 5.91 Å². The molecule has 2 aromatic rings. The molecule has 0 aromatic heterocycles. The van der Waals surface area contributed by atoms with Gasteiger partial charge in [0.2, 0.25) is 0 Å². The lowest BCUT2D eigenvalue weighted by molar-refractivity contribution is 0.0955. The second-order valence-electron chi connectivity index (χ2n) is 5.15. The highest BCUT2D eigenvalue weighted by molar-refractivity contribution is 7.98. The molecule has 0 heterocycles. The molecule has 0 fully saturated rings. The SMILES string of the molecule is COc1ccc(C(=O)NCCSCc2cccc(C)c2)cc1F. The van der Waals surface area contributed by atoms with Crippen LogP contribution in [-0.4, -0.2) is 25.3 Å². The van der Waals surface area contributed by atoms with Crippen LogP contribution in [0.1, 0.15) is 21.5 Å². The number of thioether (sulfide) groups is 1. The molecule has 2 rings (SSSR count). The van der Waals surface area contributed by atoms with Gasteiger partial charge in [0.1, 0.15) is 0 Å². The molecule has 0 bridgehead atoms. The summed E-state index contributed by atoms with van der Waals surface area (Å²) >= 11 is 1.75. The zero-order chi connectivity index (χ0) is 16.7. The Bertz CT molecular complexity index is 676. The van der Waals surface area contributed by atoms with Crippen LogP contribution in [0.25, 0.3) is 0 Å². The fourth-order valence-electron chi connectivity index (χ4n) is 2.14. The molecule has 0 saturated carbocycles. The van der Waals surface area contributed by atoms with Gasteiger partial charge in [0.15, 0.2) is 11.6 Å². The van der Waals surface area contributed by atoms with Gasteiger partial charge in [-0.2, -0.15) is 11.8 Å². The number of amides is 1. The average Bonchev–Trinajstić information content (AvgIpc) is 2.54. The van der Waals surface area contributed by atoms with Crippen LogP contribution >= 0.6 is 11.8 Å². The second kappa shape index (κ2) is 8.58. The fourth-order valence-corrected chi connectivity index (χ4v) is 2.94. The van der Waals surface area contributed by atoms with Crippen LogP contribution in [0.3, 0.4) is 0 Å². The summed E-state index contributed by atoms with van der Waals surface area (Å²) in [5, 5.41) is 2.79. The van der Waals surface area contributed by atoms with E-state index in [9.17, 15) is 9.18 Å². The monoisotopic (exact) mass is 333 g/mol. The van der Waals surface area contributed by atoms with E-state index in [0.29, 0.717) is 12.1 Å². The quantitative estimate of drug-likeness (QED) is 0.783. The van der Waals surface area contributed by atoms with Gasteiger partial charge in [-0.3, -0.25) is 4.79 Å². The van der Waals surface area contributed by atoms with Gasteiger partial charge in [-0.05, 0) is 30.7 Å². The van der Waals surface area contributed by atoms with Gasteiger partial charge in [-0.15, -0.1) is 0 Å².